The second-order valence-electron chi connectivity index (χ2n) is 3.58. The summed E-state index contributed by atoms with van der Waals surface area (Å²) in [5.41, 5.74) is 1.51. The minimum atomic E-state index is -4.34. The molecule has 2 N–H and O–H groups in total. The van der Waals surface area contributed by atoms with E-state index in [2.05, 4.69) is 0 Å². The maximum absolute atomic E-state index is 11.9. The second kappa shape index (κ2) is 7.28. The third-order valence-corrected chi connectivity index (χ3v) is 2.84. The molecular weight excluding hydrogens is 295 g/mol. The van der Waals surface area contributed by atoms with Crippen molar-refractivity contribution in [2.45, 2.75) is 12.4 Å². The molecule has 0 radical (unpaired) electrons. The summed E-state index contributed by atoms with van der Waals surface area (Å²) in [6, 6.07) is 4.64. The smallest absolute Gasteiger partial charge is 0.441 e. The lowest BCUT2D eigenvalue weighted by Gasteiger charge is -2.12. The molecule has 4 nitrogen and oxygen atoms in total. The molecule has 0 saturated heterocycles. The molecular formula is C12H14F3NO3S. The fourth-order valence-corrected chi connectivity index (χ4v) is 1.80. The highest BCUT2D eigenvalue weighted by atomic mass is 32.2. The van der Waals surface area contributed by atoms with Gasteiger partial charge in [-0.2, -0.15) is 13.2 Å². The number of thioether (sulfide) groups is 1. The summed E-state index contributed by atoms with van der Waals surface area (Å²) in [5.74, 6) is -0.915. The van der Waals surface area contributed by atoms with Crippen molar-refractivity contribution in [3.8, 4) is 5.75 Å². The van der Waals surface area contributed by atoms with E-state index in [9.17, 15) is 18.0 Å². The van der Waals surface area contributed by atoms with Gasteiger partial charge in [-0.25, -0.2) is 4.79 Å². The normalized spacial score (nSPS) is 11.2. The lowest BCUT2D eigenvalue weighted by molar-refractivity contribution is -0.0331. The number of ether oxygens (including phenoxy) is 2. The highest BCUT2D eigenvalue weighted by molar-refractivity contribution is 8.00. The maximum Gasteiger partial charge on any atom is 0.441 e. The third-order valence-electron chi connectivity index (χ3n) is 2.14. The second-order valence-corrected chi connectivity index (χ2v) is 4.74. The van der Waals surface area contributed by atoms with Crippen LogP contribution in [0.3, 0.4) is 0 Å². The first-order valence-corrected chi connectivity index (χ1v) is 6.72. The minimum absolute atomic E-state index is 0.0337. The topological polar surface area (TPSA) is 61.5 Å². The Morgan fingerprint density at radius 3 is 2.70 bits per heavy atom. The third kappa shape index (κ3) is 5.20. The number of carbonyl (C=O) groups excluding carboxylic acids is 1. The summed E-state index contributed by atoms with van der Waals surface area (Å²) in [6.45, 7) is 1.70. The predicted octanol–water partition coefficient (Wildman–Crippen LogP) is 3.08. The minimum Gasteiger partial charge on any atom is -0.493 e. The summed E-state index contributed by atoms with van der Waals surface area (Å²) < 4.78 is 45.7. The van der Waals surface area contributed by atoms with Crippen molar-refractivity contribution in [3.05, 3.63) is 23.8 Å². The molecule has 0 spiro atoms. The average Bonchev–Trinajstić information content (AvgIpc) is 2.34. The van der Waals surface area contributed by atoms with Crippen LogP contribution in [0.5, 0.6) is 5.75 Å². The van der Waals surface area contributed by atoms with Gasteiger partial charge in [0.25, 0.3) is 0 Å². The molecule has 0 aromatic heterocycles. The number of hydrogen-bond acceptors (Lipinski definition) is 5. The van der Waals surface area contributed by atoms with Crippen LogP contribution >= 0.6 is 11.8 Å². The van der Waals surface area contributed by atoms with Crippen molar-refractivity contribution >= 4 is 23.4 Å². The number of rotatable bonds is 6. The summed E-state index contributed by atoms with van der Waals surface area (Å²) >= 11 is -0.250. The van der Waals surface area contributed by atoms with E-state index >= 15 is 0 Å². The summed E-state index contributed by atoms with van der Waals surface area (Å²) in [5, 5.41) is 0. The Hall–Kier alpha value is -1.57. The molecule has 0 aliphatic heterocycles. The van der Waals surface area contributed by atoms with Crippen LogP contribution in [-0.4, -0.2) is 30.4 Å². The number of carbonyl (C=O) groups is 1. The highest BCUT2D eigenvalue weighted by Crippen LogP contribution is 2.30. The van der Waals surface area contributed by atoms with Gasteiger partial charge in [0.15, 0.2) is 0 Å². The van der Waals surface area contributed by atoms with E-state index in [1.54, 1.807) is 19.1 Å². The quantitative estimate of drug-likeness (QED) is 0.497. The van der Waals surface area contributed by atoms with Crippen LogP contribution in [0.25, 0.3) is 0 Å². The van der Waals surface area contributed by atoms with Gasteiger partial charge in [0.1, 0.15) is 17.9 Å². The average molecular weight is 309 g/mol. The number of nitrogens with two attached hydrogens (primary N) is 1. The Morgan fingerprint density at radius 2 is 2.10 bits per heavy atom. The van der Waals surface area contributed by atoms with Gasteiger partial charge in [0, 0.05) is 11.4 Å². The van der Waals surface area contributed by atoms with E-state index < -0.39 is 11.5 Å². The Kier molecular flexibility index (Phi) is 6.00. The van der Waals surface area contributed by atoms with E-state index in [1.165, 1.54) is 6.07 Å². The van der Waals surface area contributed by atoms with Gasteiger partial charge in [-0.05, 0) is 30.8 Å². The van der Waals surface area contributed by atoms with Gasteiger partial charge >= 0.3 is 11.5 Å². The van der Waals surface area contributed by atoms with Crippen molar-refractivity contribution in [2.75, 3.05) is 24.7 Å². The molecule has 1 rings (SSSR count). The first-order valence-electron chi connectivity index (χ1n) is 5.74. The Labute approximate surface area is 118 Å². The lowest BCUT2D eigenvalue weighted by atomic mass is 10.1. The zero-order valence-electron chi connectivity index (χ0n) is 10.7. The fourth-order valence-electron chi connectivity index (χ4n) is 1.41. The van der Waals surface area contributed by atoms with Crippen molar-refractivity contribution in [1.82, 2.24) is 0 Å². The van der Waals surface area contributed by atoms with Crippen LogP contribution in [0, 0.1) is 0 Å². The van der Waals surface area contributed by atoms with Gasteiger partial charge in [-0.1, -0.05) is 6.07 Å². The molecule has 0 bridgehead atoms. The van der Waals surface area contributed by atoms with Gasteiger partial charge in [-0.15, -0.1) is 0 Å². The maximum atomic E-state index is 11.9. The van der Waals surface area contributed by atoms with Crippen LogP contribution in [0.1, 0.15) is 17.3 Å². The van der Waals surface area contributed by atoms with E-state index in [0.717, 1.165) is 0 Å². The molecule has 1 aromatic carbocycles. The zero-order valence-corrected chi connectivity index (χ0v) is 11.5. The zero-order chi connectivity index (χ0) is 15.2. The largest absolute Gasteiger partial charge is 0.493 e. The molecule has 0 unspecified atom stereocenters. The molecule has 0 aliphatic rings. The van der Waals surface area contributed by atoms with Crippen LogP contribution in [0.2, 0.25) is 0 Å². The van der Waals surface area contributed by atoms with Crippen molar-refractivity contribution in [2.24, 2.45) is 0 Å². The van der Waals surface area contributed by atoms with E-state index in [4.69, 9.17) is 15.2 Å². The number of esters is 1. The summed E-state index contributed by atoms with van der Waals surface area (Å²) in [7, 11) is 0. The number of hydrogen-bond donors (Lipinski definition) is 1. The van der Waals surface area contributed by atoms with Crippen LogP contribution in [0.15, 0.2) is 18.2 Å². The molecule has 0 amide bonds. The molecule has 20 heavy (non-hydrogen) atoms. The van der Waals surface area contributed by atoms with Crippen molar-refractivity contribution in [1.29, 1.82) is 0 Å². The van der Waals surface area contributed by atoms with Crippen molar-refractivity contribution < 1.29 is 27.4 Å². The number of halogens is 3. The number of benzene rings is 1. The lowest BCUT2D eigenvalue weighted by Crippen LogP contribution is -2.13. The molecule has 0 aliphatic carbocycles. The van der Waals surface area contributed by atoms with Crippen molar-refractivity contribution in [3.63, 3.8) is 0 Å². The first-order chi connectivity index (χ1) is 9.35. The van der Waals surface area contributed by atoms with Gasteiger partial charge in [0.05, 0.1) is 6.61 Å². The number of alkyl halides is 3. The van der Waals surface area contributed by atoms with Gasteiger partial charge in [0.2, 0.25) is 0 Å². The van der Waals surface area contributed by atoms with Crippen LogP contribution in [-0.2, 0) is 4.74 Å². The molecule has 8 heteroatoms. The molecule has 112 valence electrons. The molecule has 0 atom stereocenters. The first kappa shape index (κ1) is 16.5. The number of anilines is 1. The Bertz CT molecular complexity index is 466. The van der Waals surface area contributed by atoms with Crippen LogP contribution in [0.4, 0.5) is 18.9 Å². The van der Waals surface area contributed by atoms with Gasteiger partial charge < -0.3 is 15.2 Å². The molecule has 1 aromatic rings. The molecule has 0 saturated carbocycles. The summed E-state index contributed by atoms with van der Waals surface area (Å²) in [4.78, 5) is 11.8. The van der Waals surface area contributed by atoms with E-state index in [0.29, 0.717) is 6.61 Å². The highest BCUT2D eigenvalue weighted by Gasteiger charge is 2.28. The van der Waals surface area contributed by atoms with Gasteiger partial charge in [-0.3, -0.25) is 0 Å². The van der Waals surface area contributed by atoms with E-state index in [-0.39, 0.29) is 41.1 Å². The SMILES string of the molecule is CCOc1cccc(N)c1C(=O)OCCSC(F)(F)F. The predicted molar refractivity (Wildman–Crippen MR) is 70.8 cm³/mol. The monoisotopic (exact) mass is 309 g/mol. The fraction of sp³-hybridized carbons (Fsp3) is 0.417. The van der Waals surface area contributed by atoms with E-state index in [1.807, 2.05) is 0 Å². The molecule has 0 fully saturated rings. The van der Waals surface area contributed by atoms with Crippen LogP contribution < -0.4 is 10.5 Å². The standard InChI is InChI=1S/C12H14F3NO3S/c1-2-18-9-5-3-4-8(16)10(9)11(17)19-6-7-20-12(13,14)15/h3-5H,2,6-7,16H2,1H3. The Balaban J connectivity index is 2.63. The summed E-state index contributed by atoms with van der Waals surface area (Å²) in [6.07, 6.45) is 0. The Morgan fingerprint density at radius 1 is 1.40 bits per heavy atom. The molecule has 0 heterocycles. The number of nitrogen functional groups attached to an aromatic ring is 1.